The van der Waals surface area contributed by atoms with Gasteiger partial charge in [0.15, 0.2) is 0 Å². The van der Waals surface area contributed by atoms with Gasteiger partial charge in [-0.3, -0.25) is 0 Å². The molecule has 3 heteroatoms. The molecule has 0 saturated heterocycles. The largest absolute Gasteiger partial charge is 0.242 e. The van der Waals surface area contributed by atoms with Gasteiger partial charge in [-0.05, 0) is 41.8 Å². The summed E-state index contributed by atoms with van der Waals surface area (Å²) in [5, 5.41) is 0.334. The SMILES string of the molecule is O=S(Cl)C1CC2CCC1C2. The van der Waals surface area contributed by atoms with Crippen molar-refractivity contribution in [3.63, 3.8) is 0 Å². The van der Waals surface area contributed by atoms with Gasteiger partial charge in [-0.15, -0.1) is 0 Å². The summed E-state index contributed by atoms with van der Waals surface area (Å²) < 4.78 is 10.9. The molecule has 4 atom stereocenters. The van der Waals surface area contributed by atoms with Gasteiger partial charge >= 0.3 is 0 Å². The van der Waals surface area contributed by atoms with E-state index < -0.39 is 10.0 Å². The first-order valence-corrected chi connectivity index (χ1v) is 5.88. The van der Waals surface area contributed by atoms with E-state index in [4.69, 9.17) is 10.7 Å². The molecule has 2 aliphatic rings. The van der Waals surface area contributed by atoms with E-state index >= 15 is 0 Å². The molecule has 2 aliphatic carbocycles. The Balaban J connectivity index is 2.08. The van der Waals surface area contributed by atoms with Crippen LogP contribution in [0.3, 0.4) is 0 Å². The van der Waals surface area contributed by atoms with Gasteiger partial charge in [0.2, 0.25) is 0 Å². The van der Waals surface area contributed by atoms with E-state index in [9.17, 15) is 4.21 Å². The van der Waals surface area contributed by atoms with Gasteiger partial charge in [0.25, 0.3) is 0 Å². The number of fused-ring (bicyclic) bond motifs is 2. The van der Waals surface area contributed by atoms with E-state index in [1.807, 2.05) is 0 Å². The molecule has 2 bridgehead atoms. The highest BCUT2D eigenvalue weighted by Gasteiger charge is 2.42. The quantitative estimate of drug-likeness (QED) is 0.562. The van der Waals surface area contributed by atoms with Crippen LogP contribution < -0.4 is 0 Å². The molecule has 0 N–H and O–H groups in total. The lowest BCUT2D eigenvalue weighted by molar-refractivity contribution is 0.485. The Morgan fingerprint density at radius 1 is 1.30 bits per heavy atom. The highest BCUT2D eigenvalue weighted by Crippen LogP contribution is 2.47. The molecule has 2 fully saturated rings. The Bertz CT molecular complexity index is 171. The average molecular weight is 179 g/mol. The maximum Gasteiger partial charge on any atom is 0.118 e. The van der Waals surface area contributed by atoms with E-state index in [0.717, 1.165) is 12.3 Å². The van der Waals surface area contributed by atoms with Crippen molar-refractivity contribution in [3.8, 4) is 0 Å². The van der Waals surface area contributed by atoms with E-state index in [1.54, 1.807) is 0 Å². The van der Waals surface area contributed by atoms with Gasteiger partial charge in [0.1, 0.15) is 10.0 Å². The van der Waals surface area contributed by atoms with E-state index in [1.165, 1.54) is 19.3 Å². The summed E-state index contributed by atoms with van der Waals surface area (Å²) in [6.45, 7) is 0. The second-order valence-electron chi connectivity index (χ2n) is 3.46. The molecule has 10 heavy (non-hydrogen) atoms. The zero-order valence-corrected chi connectivity index (χ0v) is 7.33. The third-order valence-corrected chi connectivity index (χ3v) is 4.65. The van der Waals surface area contributed by atoms with Crippen LogP contribution in [0.25, 0.3) is 0 Å². The first-order valence-electron chi connectivity index (χ1n) is 3.84. The highest BCUT2D eigenvalue weighted by molar-refractivity contribution is 8.08. The topological polar surface area (TPSA) is 17.1 Å². The van der Waals surface area contributed by atoms with Gasteiger partial charge < -0.3 is 0 Å². The third kappa shape index (κ3) is 1.02. The minimum absolute atomic E-state index is 0.334. The summed E-state index contributed by atoms with van der Waals surface area (Å²) in [4.78, 5) is 0. The van der Waals surface area contributed by atoms with Crippen molar-refractivity contribution < 1.29 is 4.21 Å². The maximum absolute atomic E-state index is 10.9. The van der Waals surface area contributed by atoms with Crippen molar-refractivity contribution in [2.24, 2.45) is 11.8 Å². The average Bonchev–Trinajstić information content (AvgIpc) is 2.44. The number of hydrogen-bond donors (Lipinski definition) is 0. The normalized spacial score (nSPS) is 47.9. The van der Waals surface area contributed by atoms with Gasteiger partial charge in [-0.1, -0.05) is 6.42 Å². The first-order chi connectivity index (χ1) is 4.77. The second-order valence-corrected chi connectivity index (χ2v) is 5.48. The standard InChI is InChI=1S/C7H11ClOS/c8-10(9)7-4-5-1-2-6(7)3-5/h5-7H,1-4H2. The minimum Gasteiger partial charge on any atom is -0.242 e. The molecule has 1 nitrogen and oxygen atoms in total. The van der Waals surface area contributed by atoms with Crippen LogP contribution in [0.4, 0.5) is 0 Å². The van der Waals surface area contributed by atoms with Crippen LogP contribution in [-0.2, 0) is 10.0 Å². The van der Waals surface area contributed by atoms with E-state index in [0.29, 0.717) is 11.2 Å². The molecular weight excluding hydrogens is 168 g/mol. The predicted molar refractivity (Wildman–Crippen MR) is 43.2 cm³/mol. The first kappa shape index (κ1) is 7.11. The fourth-order valence-electron chi connectivity index (χ4n) is 2.41. The van der Waals surface area contributed by atoms with Crippen LogP contribution in [0.15, 0.2) is 0 Å². The fraction of sp³-hybridized carbons (Fsp3) is 1.00. The molecule has 0 aromatic heterocycles. The summed E-state index contributed by atoms with van der Waals surface area (Å²) >= 11 is 0. The van der Waals surface area contributed by atoms with Crippen molar-refractivity contribution in [2.75, 3.05) is 0 Å². The highest BCUT2D eigenvalue weighted by atomic mass is 35.7. The van der Waals surface area contributed by atoms with Gasteiger partial charge in [-0.25, -0.2) is 4.21 Å². The zero-order valence-electron chi connectivity index (χ0n) is 5.75. The Labute approximate surface area is 68.1 Å². The third-order valence-electron chi connectivity index (χ3n) is 2.91. The molecule has 0 heterocycles. The minimum atomic E-state index is -1.07. The van der Waals surface area contributed by atoms with Crippen LogP contribution in [0.5, 0.6) is 0 Å². The van der Waals surface area contributed by atoms with Crippen LogP contribution in [0.2, 0.25) is 0 Å². The Hall–Kier alpha value is 0.440. The number of hydrogen-bond acceptors (Lipinski definition) is 1. The van der Waals surface area contributed by atoms with Crippen LogP contribution in [0.1, 0.15) is 25.7 Å². The molecule has 0 radical (unpaired) electrons. The fourth-order valence-corrected chi connectivity index (χ4v) is 4.04. The Morgan fingerprint density at radius 2 is 2.10 bits per heavy atom. The molecule has 4 unspecified atom stereocenters. The van der Waals surface area contributed by atoms with Gasteiger partial charge in [0.05, 0.1) is 5.25 Å². The molecule has 2 rings (SSSR count). The van der Waals surface area contributed by atoms with Gasteiger partial charge in [0, 0.05) is 0 Å². The van der Waals surface area contributed by atoms with Crippen LogP contribution >= 0.6 is 10.7 Å². The van der Waals surface area contributed by atoms with E-state index in [2.05, 4.69) is 0 Å². The molecule has 0 amide bonds. The summed E-state index contributed by atoms with van der Waals surface area (Å²) in [6, 6.07) is 0. The lowest BCUT2D eigenvalue weighted by Gasteiger charge is -2.16. The molecule has 0 aliphatic heterocycles. The second kappa shape index (κ2) is 2.49. The van der Waals surface area contributed by atoms with Crippen molar-refractivity contribution >= 4 is 20.7 Å². The predicted octanol–water partition coefficient (Wildman–Crippen LogP) is 2.08. The lowest BCUT2D eigenvalue weighted by Crippen LogP contribution is -2.18. The monoisotopic (exact) mass is 178 g/mol. The summed E-state index contributed by atoms with van der Waals surface area (Å²) in [6.07, 6.45) is 5.05. The van der Waals surface area contributed by atoms with Crippen LogP contribution in [-0.4, -0.2) is 9.46 Å². The molecule has 0 aromatic rings. The van der Waals surface area contributed by atoms with Crippen molar-refractivity contribution in [1.29, 1.82) is 0 Å². The van der Waals surface area contributed by atoms with Crippen LogP contribution in [0, 0.1) is 11.8 Å². The smallest absolute Gasteiger partial charge is 0.118 e. The molecule has 0 aromatic carbocycles. The summed E-state index contributed by atoms with van der Waals surface area (Å²) in [5.41, 5.74) is 0. The summed E-state index contributed by atoms with van der Waals surface area (Å²) in [5.74, 6) is 1.56. The molecule has 0 spiro atoms. The van der Waals surface area contributed by atoms with Crippen molar-refractivity contribution in [3.05, 3.63) is 0 Å². The van der Waals surface area contributed by atoms with Gasteiger partial charge in [-0.2, -0.15) is 0 Å². The maximum atomic E-state index is 10.9. The summed E-state index contributed by atoms with van der Waals surface area (Å²) in [7, 11) is 4.48. The number of rotatable bonds is 1. The van der Waals surface area contributed by atoms with Crippen molar-refractivity contribution in [2.45, 2.75) is 30.9 Å². The Kier molecular flexibility index (Phi) is 1.77. The van der Waals surface area contributed by atoms with Crippen molar-refractivity contribution in [1.82, 2.24) is 0 Å². The molecule has 58 valence electrons. The Morgan fingerprint density at radius 3 is 2.40 bits per heavy atom. The molecular formula is C7H11ClOS. The lowest BCUT2D eigenvalue weighted by atomic mass is 10.0. The molecule has 2 saturated carbocycles. The van der Waals surface area contributed by atoms with E-state index in [-0.39, 0.29) is 0 Å². The number of halogens is 1. The zero-order chi connectivity index (χ0) is 7.14.